The van der Waals surface area contributed by atoms with Gasteiger partial charge < -0.3 is 9.47 Å². The van der Waals surface area contributed by atoms with Crippen LogP contribution in [0.5, 0.6) is 5.75 Å². The minimum absolute atomic E-state index is 0.0640. The van der Waals surface area contributed by atoms with E-state index in [1.807, 2.05) is 30.3 Å². The Kier molecular flexibility index (Phi) is 5.37. The third-order valence-electron chi connectivity index (χ3n) is 2.28. The highest BCUT2D eigenvalue weighted by atomic mass is 16.5. The van der Waals surface area contributed by atoms with Gasteiger partial charge in [-0.05, 0) is 24.1 Å². The summed E-state index contributed by atoms with van der Waals surface area (Å²) in [6, 6.07) is 7.81. The predicted molar refractivity (Wildman–Crippen MR) is 66.7 cm³/mol. The topological polar surface area (TPSA) is 18.5 Å². The zero-order chi connectivity index (χ0) is 11.8. The van der Waals surface area contributed by atoms with Crippen molar-refractivity contribution in [3.63, 3.8) is 0 Å². The van der Waals surface area contributed by atoms with Crippen LogP contribution in [-0.2, 0) is 4.74 Å². The van der Waals surface area contributed by atoms with Gasteiger partial charge in [-0.25, -0.2) is 0 Å². The predicted octanol–water partition coefficient (Wildman–Crippen LogP) is 3.52. The molecule has 0 saturated heterocycles. The molecule has 2 nitrogen and oxygen atoms in total. The third-order valence-corrected chi connectivity index (χ3v) is 2.28. The Hall–Kier alpha value is -1.54. The monoisotopic (exact) mass is 218 g/mol. The van der Waals surface area contributed by atoms with E-state index in [9.17, 15) is 0 Å². The largest absolute Gasteiger partial charge is 0.497 e. The van der Waals surface area contributed by atoms with Crippen LogP contribution in [0.2, 0.25) is 0 Å². The fourth-order valence-corrected chi connectivity index (χ4v) is 1.37. The minimum atomic E-state index is -0.0640. The van der Waals surface area contributed by atoms with Crippen LogP contribution >= 0.6 is 0 Å². The molecule has 86 valence electrons. The Labute approximate surface area is 97.2 Å². The molecule has 0 bridgehead atoms. The summed E-state index contributed by atoms with van der Waals surface area (Å²) >= 11 is 0. The fraction of sp³-hybridized carbons (Fsp3) is 0.286. The van der Waals surface area contributed by atoms with E-state index in [0.717, 1.165) is 17.7 Å². The molecule has 1 unspecified atom stereocenters. The second-order valence-corrected chi connectivity index (χ2v) is 3.38. The maximum Gasteiger partial charge on any atom is 0.118 e. The SMILES string of the molecule is C=CCCOC(C=C)c1ccc(OC)cc1. The Morgan fingerprint density at radius 3 is 2.44 bits per heavy atom. The summed E-state index contributed by atoms with van der Waals surface area (Å²) in [6.07, 6.45) is 4.42. The van der Waals surface area contributed by atoms with E-state index >= 15 is 0 Å². The van der Waals surface area contributed by atoms with Crippen molar-refractivity contribution in [3.05, 3.63) is 55.1 Å². The van der Waals surface area contributed by atoms with Crippen molar-refractivity contribution in [1.29, 1.82) is 0 Å². The van der Waals surface area contributed by atoms with Crippen LogP contribution in [0.15, 0.2) is 49.6 Å². The highest BCUT2D eigenvalue weighted by Gasteiger charge is 2.06. The first-order valence-corrected chi connectivity index (χ1v) is 5.30. The zero-order valence-corrected chi connectivity index (χ0v) is 9.69. The molecule has 0 aliphatic rings. The van der Waals surface area contributed by atoms with Crippen molar-refractivity contribution in [1.82, 2.24) is 0 Å². The quantitative estimate of drug-likeness (QED) is 0.515. The molecule has 0 fully saturated rings. The molecule has 0 aliphatic heterocycles. The number of hydrogen-bond acceptors (Lipinski definition) is 2. The van der Waals surface area contributed by atoms with Crippen molar-refractivity contribution in [3.8, 4) is 5.75 Å². The lowest BCUT2D eigenvalue weighted by Crippen LogP contribution is -2.02. The molecule has 1 rings (SSSR count). The van der Waals surface area contributed by atoms with Gasteiger partial charge in [0.15, 0.2) is 0 Å². The number of rotatable bonds is 7. The maximum atomic E-state index is 5.66. The van der Waals surface area contributed by atoms with E-state index in [4.69, 9.17) is 9.47 Å². The molecule has 0 heterocycles. The number of hydrogen-bond donors (Lipinski definition) is 0. The molecule has 0 N–H and O–H groups in total. The average molecular weight is 218 g/mol. The van der Waals surface area contributed by atoms with Crippen LogP contribution in [0.25, 0.3) is 0 Å². The van der Waals surface area contributed by atoms with Gasteiger partial charge in [0.1, 0.15) is 11.9 Å². The Bertz CT molecular complexity index is 327. The van der Waals surface area contributed by atoms with Crippen molar-refractivity contribution in [2.75, 3.05) is 13.7 Å². The highest BCUT2D eigenvalue weighted by Crippen LogP contribution is 2.21. The summed E-state index contributed by atoms with van der Waals surface area (Å²) in [4.78, 5) is 0. The third kappa shape index (κ3) is 3.55. The molecule has 1 aromatic rings. The van der Waals surface area contributed by atoms with Crippen LogP contribution in [0.3, 0.4) is 0 Å². The van der Waals surface area contributed by atoms with E-state index in [1.54, 1.807) is 13.2 Å². The second-order valence-electron chi connectivity index (χ2n) is 3.38. The lowest BCUT2D eigenvalue weighted by molar-refractivity contribution is 0.0894. The number of ether oxygens (including phenoxy) is 2. The summed E-state index contributed by atoms with van der Waals surface area (Å²) in [6.45, 7) is 8.09. The molecule has 16 heavy (non-hydrogen) atoms. The highest BCUT2D eigenvalue weighted by molar-refractivity contribution is 5.29. The van der Waals surface area contributed by atoms with Gasteiger partial charge in [-0.3, -0.25) is 0 Å². The normalized spacial score (nSPS) is 11.8. The van der Waals surface area contributed by atoms with Gasteiger partial charge >= 0.3 is 0 Å². The van der Waals surface area contributed by atoms with Crippen LogP contribution in [-0.4, -0.2) is 13.7 Å². The Morgan fingerprint density at radius 2 is 1.94 bits per heavy atom. The average Bonchev–Trinajstić information content (AvgIpc) is 2.35. The van der Waals surface area contributed by atoms with Gasteiger partial charge in [-0.15, -0.1) is 13.2 Å². The van der Waals surface area contributed by atoms with Gasteiger partial charge in [0, 0.05) is 0 Å². The lowest BCUT2D eigenvalue weighted by atomic mass is 10.1. The number of benzene rings is 1. The molecule has 0 radical (unpaired) electrons. The molecule has 0 saturated carbocycles. The van der Waals surface area contributed by atoms with E-state index < -0.39 is 0 Å². The molecule has 0 amide bonds. The second kappa shape index (κ2) is 6.85. The Balaban J connectivity index is 2.63. The maximum absolute atomic E-state index is 5.66. The molecular weight excluding hydrogens is 200 g/mol. The standard InChI is InChI=1S/C14H18O2/c1-4-6-11-16-14(5-2)12-7-9-13(15-3)10-8-12/h4-5,7-10,14H,1-2,6,11H2,3H3. The van der Waals surface area contributed by atoms with Crippen molar-refractivity contribution in [2.45, 2.75) is 12.5 Å². The van der Waals surface area contributed by atoms with Crippen molar-refractivity contribution >= 4 is 0 Å². The fourth-order valence-electron chi connectivity index (χ4n) is 1.37. The van der Waals surface area contributed by atoms with E-state index in [-0.39, 0.29) is 6.10 Å². The molecule has 1 aromatic carbocycles. The van der Waals surface area contributed by atoms with E-state index in [2.05, 4.69) is 13.2 Å². The summed E-state index contributed by atoms with van der Waals surface area (Å²) in [5.41, 5.74) is 1.08. The molecule has 0 spiro atoms. The van der Waals surface area contributed by atoms with E-state index in [0.29, 0.717) is 6.61 Å². The van der Waals surface area contributed by atoms with Gasteiger partial charge in [0.2, 0.25) is 0 Å². The summed E-state index contributed by atoms with van der Waals surface area (Å²) in [5, 5.41) is 0. The van der Waals surface area contributed by atoms with Crippen LogP contribution in [0.1, 0.15) is 18.1 Å². The Morgan fingerprint density at radius 1 is 1.25 bits per heavy atom. The summed E-state index contributed by atoms with van der Waals surface area (Å²) in [5.74, 6) is 0.845. The van der Waals surface area contributed by atoms with Crippen LogP contribution < -0.4 is 4.74 Å². The van der Waals surface area contributed by atoms with Gasteiger partial charge in [0.25, 0.3) is 0 Å². The minimum Gasteiger partial charge on any atom is -0.497 e. The molecular formula is C14H18O2. The van der Waals surface area contributed by atoms with Crippen LogP contribution in [0, 0.1) is 0 Å². The van der Waals surface area contributed by atoms with Crippen molar-refractivity contribution in [2.24, 2.45) is 0 Å². The molecule has 0 aromatic heterocycles. The smallest absolute Gasteiger partial charge is 0.118 e. The van der Waals surface area contributed by atoms with Gasteiger partial charge in [0.05, 0.1) is 13.7 Å². The summed E-state index contributed by atoms with van der Waals surface area (Å²) in [7, 11) is 1.65. The van der Waals surface area contributed by atoms with Gasteiger partial charge in [-0.1, -0.05) is 24.3 Å². The van der Waals surface area contributed by atoms with Crippen LogP contribution in [0.4, 0.5) is 0 Å². The lowest BCUT2D eigenvalue weighted by Gasteiger charge is -2.14. The van der Waals surface area contributed by atoms with E-state index in [1.165, 1.54) is 0 Å². The zero-order valence-electron chi connectivity index (χ0n) is 9.69. The molecule has 0 aliphatic carbocycles. The molecule has 2 heteroatoms. The first-order chi connectivity index (χ1) is 7.81. The summed E-state index contributed by atoms with van der Waals surface area (Å²) < 4.78 is 10.8. The number of methoxy groups -OCH3 is 1. The van der Waals surface area contributed by atoms with Crippen molar-refractivity contribution < 1.29 is 9.47 Å². The first kappa shape index (κ1) is 12.5. The first-order valence-electron chi connectivity index (χ1n) is 5.30. The molecule has 1 atom stereocenters. The van der Waals surface area contributed by atoms with Gasteiger partial charge in [-0.2, -0.15) is 0 Å².